The molecule has 0 aliphatic carbocycles. The van der Waals surface area contributed by atoms with Crippen molar-refractivity contribution in [1.82, 2.24) is 29.9 Å². The Morgan fingerprint density at radius 2 is 0.754 bits per heavy atom. The van der Waals surface area contributed by atoms with Gasteiger partial charge in [-0.1, -0.05) is 158 Å². The minimum absolute atomic E-state index is 0. The molecular weight excluding hydrogens is 904 g/mol. The first-order valence-electron chi connectivity index (χ1n) is 22.3. The summed E-state index contributed by atoms with van der Waals surface area (Å²) in [6.45, 7) is 0. The van der Waals surface area contributed by atoms with Gasteiger partial charge in [-0.3, -0.25) is 9.97 Å². The van der Waals surface area contributed by atoms with Crippen LogP contribution in [0.1, 0.15) is 10.4 Å². The van der Waals surface area contributed by atoms with Crippen molar-refractivity contribution in [3.8, 4) is 67.5 Å². The Morgan fingerprint density at radius 3 is 1.19 bits per heavy atom. The number of anilines is 3. The number of carboxylic acids is 1. The number of rotatable bonds is 6. The minimum Gasteiger partial charge on any atom is -0.478 e. The summed E-state index contributed by atoms with van der Waals surface area (Å²) in [6.07, 6.45) is 0. The molecule has 8 aromatic carbocycles. The van der Waals surface area contributed by atoms with E-state index in [1.807, 2.05) is 97.1 Å². The summed E-state index contributed by atoms with van der Waals surface area (Å²) in [4.78, 5) is 46.7. The van der Waals surface area contributed by atoms with Crippen molar-refractivity contribution in [2.24, 2.45) is 0 Å². The van der Waals surface area contributed by atoms with Crippen molar-refractivity contribution in [1.29, 1.82) is 0 Å². The minimum atomic E-state index is -1.01. The molecule has 0 radical (unpaired) electrons. The fourth-order valence-electron chi connectivity index (χ4n) is 9.68. The van der Waals surface area contributed by atoms with Gasteiger partial charge in [0.2, 0.25) is 0 Å². The number of aromatic nitrogens is 6. The summed E-state index contributed by atoms with van der Waals surface area (Å²) < 4.78 is 0. The first-order chi connectivity index (χ1) is 33.6. The third-order valence-corrected chi connectivity index (χ3v) is 12.8. The smallest absolute Gasteiger partial charge is 0.478 e. The van der Waals surface area contributed by atoms with Crippen LogP contribution in [0.2, 0.25) is 0 Å². The van der Waals surface area contributed by atoms with E-state index in [1.165, 1.54) is 0 Å². The van der Waals surface area contributed by atoms with Crippen LogP contribution in [-0.2, 0) is 19.5 Å². The number of carbonyl (C=O) groups is 1. The van der Waals surface area contributed by atoms with Gasteiger partial charge < -0.3 is 29.9 Å². The molecule has 0 atom stereocenters. The maximum absolute atomic E-state index is 12.1. The van der Waals surface area contributed by atoms with Crippen molar-refractivity contribution in [3.63, 3.8) is 0 Å². The molecule has 2 aliphatic heterocycles. The van der Waals surface area contributed by atoms with E-state index in [4.69, 9.17) is 29.9 Å². The number of nitrogens with zero attached hydrogens (tertiary/aromatic N) is 7. The van der Waals surface area contributed by atoms with Gasteiger partial charge in [-0.2, -0.15) is 0 Å². The van der Waals surface area contributed by atoms with Crippen molar-refractivity contribution >= 4 is 66.9 Å². The Kier molecular flexibility index (Phi) is 10.1. The maximum Gasteiger partial charge on any atom is 2.00 e. The summed E-state index contributed by atoms with van der Waals surface area (Å²) in [5, 5.41) is 13.4. The number of hydrogen-bond donors (Lipinski definition) is 1. The van der Waals surface area contributed by atoms with E-state index in [2.05, 4.69) is 102 Å². The van der Waals surface area contributed by atoms with Crippen LogP contribution in [0, 0.1) is 0 Å². The van der Waals surface area contributed by atoms with Gasteiger partial charge in [0.05, 0.1) is 28.6 Å². The molecule has 0 unspecified atom stereocenters. The van der Waals surface area contributed by atoms with Gasteiger partial charge in [0.15, 0.2) is 0 Å². The predicted octanol–water partition coefficient (Wildman–Crippen LogP) is 13.8. The zero-order chi connectivity index (χ0) is 45.3. The topological polar surface area (TPSA) is 120 Å². The number of carboxylic acid groups (broad SMARTS) is 1. The molecule has 0 fully saturated rings. The van der Waals surface area contributed by atoms with Crippen molar-refractivity contribution in [2.75, 3.05) is 4.90 Å². The van der Waals surface area contributed by atoms with E-state index < -0.39 is 5.97 Å². The molecule has 69 heavy (non-hydrogen) atoms. The zero-order valence-electron chi connectivity index (χ0n) is 36.8. The van der Waals surface area contributed by atoms with Gasteiger partial charge in [0, 0.05) is 50.4 Å². The van der Waals surface area contributed by atoms with Gasteiger partial charge in [0.25, 0.3) is 0 Å². The molecular formula is C59H35N7O2Zn. The third-order valence-electron chi connectivity index (χ3n) is 12.8. The largest absolute Gasteiger partial charge is 2.00 e. The van der Waals surface area contributed by atoms with Crippen LogP contribution < -0.4 is 14.9 Å². The summed E-state index contributed by atoms with van der Waals surface area (Å²) in [5.41, 5.74) is 13.8. The molecule has 0 amide bonds. The Hall–Kier alpha value is -8.85. The molecule has 13 rings (SSSR count). The van der Waals surface area contributed by atoms with Gasteiger partial charge >= 0.3 is 25.4 Å². The number of para-hydroxylation sites is 2. The number of fused-ring (bicyclic) bond motifs is 20. The van der Waals surface area contributed by atoms with Crippen molar-refractivity contribution in [3.05, 3.63) is 212 Å². The normalized spacial score (nSPS) is 11.5. The fraction of sp³-hybridized carbons (Fsp3) is 0. The molecule has 1 N–H and O–H groups in total. The first-order valence-corrected chi connectivity index (χ1v) is 22.3. The van der Waals surface area contributed by atoms with E-state index in [1.54, 1.807) is 12.1 Å². The van der Waals surface area contributed by atoms with E-state index in [9.17, 15) is 9.90 Å². The quantitative estimate of drug-likeness (QED) is 0.162. The molecule has 320 valence electrons. The molecule has 0 spiro atoms. The molecule has 10 heteroatoms. The molecule has 0 saturated carbocycles. The average Bonchev–Trinajstić information content (AvgIpc) is 4.15. The second-order valence-electron chi connectivity index (χ2n) is 16.7. The average molecular weight is 939 g/mol. The molecule has 9 nitrogen and oxygen atoms in total. The second kappa shape index (κ2) is 16.8. The van der Waals surface area contributed by atoms with Crippen LogP contribution >= 0.6 is 0 Å². The summed E-state index contributed by atoms with van der Waals surface area (Å²) >= 11 is 0. The monoisotopic (exact) mass is 937 g/mol. The van der Waals surface area contributed by atoms with Gasteiger partial charge in [-0.25, -0.2) is 4.79 Å². The number of hydrogen-bond acceptors (Lipinski definition) is 6. The summed E-state index contributed by atoms with van der Waals surface area (Å²) in [7, 11) is 0. The maximum atomic E-state index is 12.1. The summed E-state index contributed by atoms with van der Waals surface area (Å²) in [5.74, 6) is 0.0245. The third kappa shape index (κ3) is 6.92. The predicted molar refractivity (Wildman–Crippen MR) is 271 cm³/mol. The zero-order valence-corrected chi connectivity index (χ0v) is 39.8. The Balaban J connectivity index is 0.00000492. The van der Waals surface area contributed by atoms with Crippen molar-refractivity contribution < 1.29 is 29.4 Å². The molecule has 8 bridgehead atoms. The van der Waals surface area contributed by atoms with Crippen LogP contribution in [0.15, 0.2) is 206 Å². The Morgan fingerprint density at radius 1 is 0.391 bits per heavy atom. The van der Waals surface area contributed by atoms with E-state index in [0.717, 1.165) is 94.3 Å². The Labute approximate surface area is 408 Å². The van der Waals surface area contributed by atoms with Crippen LogP contribution in [0.5, 0.6) is 0 Å². The van der Waals surface area contributed by atoms with Gasteiger partial charge in [-0.05, 0) is 104 Å². The molecule has 2 aliphatic rings. The fourth-order valence-corrected chi connectivity index (χ4v) is 9.68. The van der Waals surface area contributed by atoms with Gasteiger partial charge in [0.1, 0.15) is 0 Å². The standard InChI is InChI=1S/C59H36N7O2.Zn/c67-59(68)37-29-27-35(28-30-37)49-51-41-19-7-11-23-45(41)55(60-51)64-57-47-25-13-9-21-43(47)53(62-57)50(36-31-33-40(34-32-36)66(38-15-3-1-4-16-38)39-17-5-2-6-18-39)54-44-22-10-14-26-48(44)58(63-54)65-56-46-24-12-8-20-42(46)52(49)61-56;/h1-34H,(H2-,60,61,62,63,64,65,67,68);/q-1;+2/p-1. The number of aromatic carboxylic acids is 1. The number of benzene rings is 8. The van der Waals surface area contributed by atoms with Crippen molar-refractivity contribution in [2.45, 2.75) is 0 Å². The SMILES string of the molecule is O=C(O)c1ccc(-c2c3nc(nc4[n-]c(c(-c5ccc(N(c6ccccc6)c6ccccc6)cc5)c5nc(nc6[n-]c2c2ccccc62)-c2ccccc2-5)c2ccccc42)-c2ccccc2-3)cc1.[Zn+2]. The molecule has 0 saturated heterocycles. The van der Waals surface area contributed by atoms with Crippen LogP contribution in [0.25, 0.3) is 111 Å². The summed E-state index contributed by atoms with van der Waals surface area (Å²) in [6, 6.07) is 68.7. The molecule has 5 heterocycles. The van der Waals surface area contributed by atoms with E-state index in [-0.39, 0.29) is 25.0 Å². The van der Waals surface area contributed by atoms with Gasteiger partial charge in [-0.15, -0.1) is 0 Å². The van der Waals surface area contributed by atoms with Crippen LogP contribution in [0.3, 0.4) is 0 Å². The first kappa shape index (κ1) is 41.6. The second-order valence-corrected chi connectivity index (χ2v) is 16.7. The van der Waals surface area contributed by atoms with E-state index >= 15 is 0 Å². The Bertz CT molecular complexity index is 3960. The van der Waals surface area contributed by atoms with Crippen LogP contribution in [0.4, 0.5) is 17.1 Å². The molecule has 3 aromatic heterocycles. The molecule has 11 aromatic rings. The van der Waals surface area contributed by atoms with Crippen LogP contribution in [-0.4, -0.2) is 31.0 Å². The van der Waals surface area contributed by atoms with E-state index in [0.29, 0.717) is 34.2 Å².